The predicted octanol–water partition coefficient (Wildman–Crippen LogP) is 1.73. The van der Waals surface area contributed by atoms with Gasteiger partial charge in [-0.3, -0.25) is 9.59 Å². The minimum absolute atomic E-state index is 0.0865. The Kier molecular flexibility index (Phi) is 2.48. The average molecular weight is 216 g/mol. The summed E-state index contributed by atoms with van der Waals surface area (Å²) in [5, 5.41) is 9.44. The fourth-order valence-corrected chi connectivity index (χ4v) is 1.72. The SMILES string of the molecule is CC(=O)c1cn(CC(=O)O)c2ccc[c]c12. The predicted molar refractivity (Wildman–Crippen MR) is 58.4 cm³/mol. The number of carbonyl (C=O) groups excluding carboxylic acids is 1. The third kappa shape index (κ3) is 1.69. The van der Waals surface area contributed by atoms with Crippen molar-refractivity contribution in [2.75, 3.05) is 0 Å². The summed E-state index contributed by atoms with van der Waals surface area (Å²) in [6, 6.07) is 8.22. The van der Waals surface area contributed by atoms with E-state index >= 15 is 0 Å². The maximum atomic E-state index is 11.4. The van der Waals surface area contributed by atoms with Crippen LogP contribution in [0.5, 0.6) is 0 Å². The van der Waals surface area contributed by atoms with Gasteiger partial charge >= 0.3 is 5.97 Å². The van der Waals surface area contributed by atoms with Gasteiger partial charge in [-0.15, -0.1) is 0 Å². The van der Waals surface area contributed by atoms with Crippen molar-refractivity contribution in [1.29, 1.82) is 0 Å². The normalized spacial score (nSPS) is 10.6. The van der Waals surface area contributed by atoms with Crippen LogP contribution in [0.3, 0.4) is 0 Å². The summed E-state index contributed by atoms with van der Waals surface area (Å²) in [4.78, 5) is 22.1. The van der Waals surface area contributed by atoms with Crippen molar-refractivity contribution >= 4 is 22.7 Å². The Labute approximate surface area is 92.1 Å². The second-order valence-electron chi connectivity index (χ2n) is 3.55. The molecule has 1 N–H and O–H groups in total. The van der Waals surface area contributed by atoms with Crippen molar-refractivity contribution in [1.82, 2.24) is 4.57 Å². The Morgan fingerprint density at radius 1 is 1.50 bits per heavy atom. The fourth-order valence-electron chi connectivity index (χ4n) is 1.72. The topological polar surface area (TPSA) is 59.3 Å². The van der Waals surface area contributed by atoms with Gasteiger partial charge in [-0.2, -0.15) is 0 Å². The number of fused-ring (bicyclic) bond motifs is 1. The molecule has 0 atom stereocenters. The van der Waals surface area contributed by atoms with E-state index in [1.165, 1.54) is 6.92 Å². The fraction of sp³-hybridized carbons (Fsp3) is 0.167. The molecule has 2 rings (SSSR count). The number of rotatable bonds is 3. The number of ketones is 1. The summed E-state index contributed by atoms with van der Waals surface area (Å²) in [5.41, 5.74) is 1.23. The van der Waals surface area contributed by atoms with E-state index in [1.54, 1.807) is 29.0 Å². The maximum Gasteiger partial charge on any atom is 0.323 e. The molecule has 0 aliphatic rings. The molecular weight excluding hydrogens is 206 g/mol. The molecule has 16 heavy (non-hydrogen) atoms. The Morgan fingerprint density at radius 2 is 2.25 bits per heavy atom. The molecule has 1 aromatic carbocycles. The summed E-state index contributed by atoms with van der Waals surface area (Å²) >= 11 is 0. The maximum absolute atomic E-state index is 11.4. The first-order valence-corrected chi connectivity index (χ1v) is 4.82. The number of nitrogens with zero attached hydrogens (tertiary/aromatic N) is 1. The molecule has 0 saturated heterocycles. The number of hydrogen-bond acceptors (Lipinski definition) is 2. The van der Waals surface area contributed by atoms with Crippen LogP contribution in [-0.2, 0) is 11.3 Å². The van der Waals surface area contributed by atoms with Crippen LogP contribution in [0, 0.1) is 6.07 Å². The highest BCUT2D eigenvalue weighted by molar-refractivity contribution is 6.06. The standard InChI is InChI=1S/C12H10NO3/c1-8(14)10-6-13(7-12(15)16)11-5-3-2-4-9(10)11/h2-3,5-6H,7H2,1H3,(H,15,16). The smallest absolute Gasteiger partial charge is 0.323 e. The molecule has 0 aliphatic heterocycles. The van der Waals surface area contributed by atoms with E-state index in [0.717, 1.165) is 5.52 Å². The molecule has 2 aromatic rings. The molecule has 0 unspecified atom stereocenters. The summed E-state index contributed by atoms with van der Waals surface area (Å²) in [6.07, 6.45) is 1.57. The lowest BCUT2D eigenvalue weighted by Crippen LogP contribution is -2.07. The van der Waals surface area contributed by atoms with Crippen LogP contribution in [0.1, 0.15) is 17.3 Å². The van der Waals surface area contributed by atoms with Gasteiger partial charge in [0.1, 0.15) is 6.54 Å². The van der Waals surface area contributed by atoms with Gasteiger partial charge in [0.25, 0.3) is 0 Å². The summed E-state index contributed by atoms with van der Waals surface area (Å²) in [6.45, 7) is 1.31. The Balaban J connectivity index is 2.66. The molecule has 1 radical (unpaired) electrons. The van der Waals surface area contributed by atoms with Crippen molar-refractivity contribution < 1.29 is 14.7 Å². The van der Waals surface area contributed by atoms with Crippen LogP contribution in [0.15, 0.2) is 24.4 Å². The van der Waals surface area contributed by atoms with E-state index in [9.17, 15) is 9.59 Å². The van der Waals surface area contributed by atoms with Crippen LogP contribution in [0.2, 0.25) is 0 Å². The van der Waals surface area contributed by atoms with Crippen molar-refractivity contribution in [3.63, 3.8) is 0 Å². The van der Waals surface area contributed by atoms with E-state index in [4.69, 9.17) is 5.11 Å². The third-order valence-corrected chi connectivity index (χ3v) is 2.38. The van der Waals surface area contributed by atoms with Crippen LogP contribution < -0.4 is 0 Å². The molecule has 0 fully saturated rings. The number of carbonyl (C=O) groups is 2. The first kappa shape index (κ1) is 10.4. The first-order valence-electron chi connectivity index (χ1n) is 4.82. The number of hydrogen-bond donors (Lipinski definition) is 1. The van der Waals surface area contributed by atoms with Crippen LogP contribution in [0.4, 0.5) is 0 Å². The molecule has 0 saturated carbocycles. The van der Waals surface area contributed by atoms with Gasteiger partial charge in [0.2, 0.25) is 0 Å². The first-order chi connectivity index (χ1) is 7.59. The minimum atomic E-state index is -0.934. The van der Waals surface area contributed by atoms with Gasteiger partial charge in [-0.05, 0) is 19.1 Å². The molecule has 4 heteroatoms. The van der Waals surface area contributed by atoms with E-state index < -0.39 is 5.97 Å². The highest BCUT2D eigenvalue weighted by Crippen LogP contribution is 2.21. The molecule has 1 heterocycles. The van der Waals surface area contributed by atoms with E-state index in [1.807, 2.05) is 0 Å². The zero-order chi connectivity index (χ0) is 11.7. The Morgan fingerprint density at radius 3 is 2.88 bits per heavy atom. The molecule has 0 amide bonds. The van der Waals surface area contributed by atoms with Crippen LogP contribution in [0.25, 0.3) is 10.9 Å². The van der Waals surface area contributed by atoms with Gasteiger partial charge in [-0.25, -0.2) is 0 Å². The zero-order valence-corrected chi connectivity index (χ0v) is 8.73. The van der Waals surface area contributed by atoms with Crippen molar-refractivity contribution in [3.05, 3.63) is 36.0 Å². The molecule has 4 nitrogen and oxygen atoms in total. The number of aromatic nitrogens is 1. The highest BCUT2D eigenvalue weighted by Gasteiger charge is 2.12. The quantitative estimate of drug-likeness (QED) is 0.795. The lowest BCUT2D eigenvalue weighted by Gasteiger charge is -1.99. The van der Waals surface area contributed by atoms with E-state index in [-0.39, 0.29) is 12.3 Å². The van der Waals surface area contributed by atoms with E-state index in [0.29, 0.717) is 10.9 Å². The molecule has 0 spiro atoms. The van der Waals surface area contributed by atoms with Gasteiger partial charge < -0.3 is 9.67 Å². The van der Waals surface area contributed by atoms with Crippen molar-refractivity contribution in [2.45, 2.75) is 13.5 Å². The van der Waals surface area contributed by atoms with Gasteiger partial charge in [0.15, 0.2) is 5.78 Å². The second-order valence-corrected chi connectivity index (χ2v) is 3.55. The number of carboxylic acid groups (broad SMARTS) is 1. The highest BCUT2D eigenvalue weighted by atomic mass is 16.4. The third-order valence-electron chi connectivity index (χ3n) is 2.38. The molecule has 0 bridgehead atoms. The summed E-state index contributed by atoms with van der Waals surface area (Å²) in [7, 11) is 0. The summed E-state index contributed by atoms with van der Waals surface area (Å²) in [5.74, 6) is -1.02. The summed E-state index contributed by atoms with van der Waals surface area (Å²) < 4.78 is 1.55. The van der Waals surface area contributed by atoms with Gasteiger partial charge in [0, 0.05) is 22.7 Å². The molecule has 1 aromatic heterocycles. The zero-order valence-electron chi connectivity index (χ0n) is 8.73. The number of carboxylic acids is 1. The largest absolute Gasteiger partial charge is 0.480 e. The lowest BCUT2D eigenvalue weighted by molar-refractivity contribution is -0.137. The second kappa shape index (κ2) is 3.81. The number of aliphatic carboxylic acids is 1. The number of benzene rings is 1. The number of Topliss-reactive ketones (excluding diaryl/α,β-unsaturated/α-hetero) is 1. The lowest BCUT2D eigenvalue weighted by atomic mass is 10.1. The molecule has 81 valence electrons. The Hall–Kier alpha value is -2.10. The van der Waals surface area contributed by atoms with Crippen LogP contribution >= 0.6 is 0 Å². The monoisotopic (exact) mass is 216 g/mol. The van der Waals surface area contributed by atoms with E-state index in [2.05, 4.69) is 6.07 Å². The van der Waals surface area contributed by atoms with Crippen molar-refractivity contribution in [2.24, 2.45) is 0 Å². The molecular formula is C12H10NO3. The van der Waals surface area contributed by atoms with Gasteiger partial charge in [0.05, 0.1) is 0 Å². The molecule has 0 aliphatic carbocycles. The Bertz CT molecular complexity index is 569. The van der Waals surface area contributed by atoms with Crippen LogP contribution in [-0.4, -0.2) is 21.4 Å². The van der Waals surface area contributed by atoms with Crippen molar-refractivity contribution in [3.8, 4) is 0 Å². The van der Waals surface area contributed by atoms with Gasteiger partial charge in [-0.1, -0.05) is 12.1 Å². The minimum Gasteiger partial charge on any atom is -0.480 e. The average Bonchev–Trinajstić information content (AvgIpc) is 2.57.